The van der Waals surface area contributed by atoms with Gasteiger partial charge in [-0.05, 0) is 38.0 Å². The third-order valence-electron chi connectivity index (χ3n) is 5.48. The van der Waals surface area contributed by atoms with Gasteiger partial charge in [0.2, 0.25) is 11.8 Å². The third-order valence-corrected chi connectivity index (χ3v) is 5.48. The minimum Gasteiger partial charge on any atom is -0.339 e. The summed E-state index contributed by atoms with van der Waals surface area (Å²) in [5.41, 5.74) is -0.0956. The second kappa shape index (κ2) is 7.24. The number of aryl methyl sites for hydroxylation is 1. The molecule has 134 valence electrons. The number of hydrogen-bond acceptors (Lipinski definition) is 4. The monoisotopic (exact) mass is 333 g/mol. The Hall–Kier alpha value is -1.39. The molecule has 24 heavy (non-hydrogen) atoms. The van der Waals surface area contributed by atoms with Crippen LogP contribution in [0.25, 0.3) is 0 Å². The molecule has 1 aromatic heterocycles. The van der Waals surface area contributed by atoms with Gasteiger partial charge in [0, 0.05) is 30.8 Å². The largest absolute Gasteiger partial charge is 0.339 e. The van der Waals surface area contributed by atoms with Gasteiger partial charge in [0.15, 0.2) is 5.82 Å². The van der Waals surface area contributed by atoms with Crippen molar-refractivity contribution < 1.29 is 9.32 Å². The molecule has 2 fully saturated rings. The Morgan fingerprint density at radius 2 is 1.96 bits per heavy atom. The van der Waals surface area contributed by atoms with Crippen LogP contribution in [-0.2, 0) is 16.6 Å². The molecule has 1 unspecified atom stereocenters. The van der Waals surface area contributed by atoms with E-state index in [2.05, 4.69) is 35.8 Å². The second-order valence-electron chi connectivity index (χ2n) is 8.46. The molecule has 1 aliphatic carbocycles. The normalized spacial score (nSPS) is 22.5. The Balaban J connectivity index is 1.47. The minimum absolute atomic E-state index is 0.0956. The standard InChI is InChI=1S/C19H31N3O2/c1-19(2,3)18-20-16(24-21-18)11-6-12-17(23)22-13-7-10-15(22)14-8-4-5-9-14/h14-15H,4-13H2,1-3H3. The summed E-state index contributed by atoms with van der Waals surface area (Å²) in [4.78, 5) is 19.2. The van der Waals surface area contributed by atoms with Crippen molar-refractivity contribution in [2.75, 3.05) is 6.54 Å². The summed E-state index contributed by atoms with van der Waals surface area (Å²) >= 11 is 0. The molecule has 1 aliphatic heterocycles. The van der Waals surface area contributed by atoms with Gasteiger partial charge in [-0.25, -0.2) is 0 Å². The summed E-state index contributed by atoms with van der Waals surface area (Å²) in [6.07, 6.45) is 9.76. The molecule has 1 saturated carbocycles. The van der Waals surface area contributed by atoms with Crippen LogP contribution >= 0.6 is 0 Å². The topological polar surface area (TPSA) is 59.2 Å². The number of hydrogen-bond donors (Lipinski definition) is 0. The fourth-order valence-corrected chi connectivity index (χ4v) is 4.13. The SMILES string of the molecule is CC(C)(C)c1noc(CCCC(=O)N2CCCC2C2CCCC2)n1. The van der Waals surface area contributed by atoms with E-state index in [-0.39, 0.29) is 5.41 Å². The van der Waals surface area contributed by atoms with Crippen LogP contribution in [0.2, 0.25) is 0 Å². The first-order chi connectivity index (χ1) is 11.4. The number of rotatable bonds is 5. The van der Waals surface area contributed by atoms with Gasteiger partial charge >= 0.3 is 0 Å². The van der Waals surface area contributed by atoms with Gasteiger partial charge in [0.05, 0.1) is 0 Å². The molecule has 3 rings (SSSR count). The summed E-state index contributed by atoms with van der Waals surface area (Å²) in [5.74, 6) is 2.47. The molecule has 0 N–H and O–H groups in total. The summed E-state index contributed by atoms with van der Waals surface area (Å²) < 4.78 is 5.31. The van der Waals surface area contributed by atoms with E-state index in [1.807, 2.05) is 0 Å². The summed E-state index contributed by atoms with van der Waals surface area (Å²) in [5, 5.41) is 4.05. The number of carbonyl (C=O) groups excluding carboxylic acids is 1. The molecule has 0 radical (unpaired) electrons. The molecule has 0 aromatic carbocycles. The molecule has 5 heteroatoms. The highest BCUT2D eigenvalue weighted by Gasteiger charge is 2.35. The van der Waals surface area contributed by atoms with E-state index in [4.69, 9.17) is 4.52 Å². The number of likely N-dealkylation sites (tertiary alicyclic amines) is 1. The molecular formula is C19H31N3O2. The highest BCUT2D eigenvalue weighted by atomic mass is 16.5. The zero-order valence-corrected chi connectivity index (χ0v) is 15.4. The van der Waals surface area contributed by atoms with E-state index in [1.54, 1.807) is 0 Å². The Labute approximate surface area is 145 Å². The Kier molecular flexibility index (Phi) is 5.26. The number of amides is 1. The van der Waals surface area contributed by atoms with Gasteiger partial charge in [0.25, 0.3) is 0 Å². The van der Waals surface area contributed by atoms with Crippen LogP contribution in [0, 0.1) is 5.92 Å². The van der Waals surface area contributed by atoms with Crippen molar-refractivity contribution in [2.24, 2.45) is 5.92 Å². The van der Waals surface area contributed by atoms with Crippen LogP contribution in [0.1, 0.15) is 83.9 Å². The lowest BCUT2D eigenvalue weighted by molar-refractivity contribution is -0.133. The summed E-state index contributed by atoms with van der Waals surface area (Å²) in [6.45, 7) is 7.17. The Morgan fingerprint density at radius 3 is 2.62 bits per heavy atom. The van der Waals surface area contributed by atoms with Gasteiger partial charge in [-0.3, -0.25) is 4.79 Å². The maximum absolute atomic E-state index is 12.6. The molecule has 1 saturated heterocycles. The number of nitrogens with zero attached hydrogens (tertiary/aromatic N) is 3. The van der Waals surface area contributed by atoms with E-state index >= 15 is 0 Å². The quantitative estimate of drug-likeness (QED) is 0.820. The summed E-state index contributed by atoms with van der Waals surface area (Å²) in [7, 11) is 0. The third kappa shape index (κ3) is 3.98. The molecule has 5 nitrogen and oxygen atoms in total. The lowest BCUT2D eigenvalue weighted by atomic mass is 9.96. The second-order valence-corrected chi connectivity index (χ2v) is 8.46. The van der Waals surface area contributed by atoms with Gasteiger partial charge in [-0.2, -0.15) is 4.98 Å². The highest BCUT2D eigenvalue weighted by Crippen LogP contribution is 2.35. The minimum atomic E-state index is -0.0956. The molecule has 1 aromatic rings. The molecule has 2 aliphatic rings. The van der Waals surface area contributed by atoms with Crippen LogP contribution in [0.3, 0.4) is 0 Å². The van der Waals surface area contributed by atoms with Crippen molar-refractivity contribution in [3.8, 4) is 0 Å². The first-order valence-electron chi connectivity index (χ1n) is 9.57. The molecular weight excluding hydrogens is 302 g/mol. The fraction of sp³-hybridized carbons (Fsp3) is 0.842. The van der Waals surface area contributed by atoms with Crippen LogP contribution in [-0.4, -0.2) is 33.5 Å². The lowest BCUT2D eigenvalue weighted by Crippen LogP contribution is -2.39. The van der Waals surface area contributed by atoms with Crippen molar-refractivity contribution in [3.63, 3.8) is 0 Å². The molecule has 1 amide bonds. The number of carbonyl (C=O) groups is 1. The first kappa shape index (κ1) is 17.4. The lowest BCUT2D eigenvalue weighted by Gasteiger charge is -2.29. The van der Waals surface area contributed by atoms with Crippen LogP contribution < -0.4 is 0 Å². The molecule has 1 atom stereocenters. The maximum Gasteiger partial charge on any atom is 0.226 e. The smallest absolute Gasteiger partial charge is 0.226 e. The van der Waals surface area contributed by atoms with E-state index in [1.165, 1.54) is 38.5 Å². The van der Waals surface area contributed by atoms with Gasteiger partial charge in [-0.1, -0.05) is 38.8 Å². The van der Waals surface area contributed by atoms with E-state index < -0.39 is 0 Å². The van der Waals surface area contributed by atoms with Crippen molar-refractivity contribution in [1.82, 2.24) is 15.0 Å². The average molecular weight is 333 g/mol. The van der Waals surface area contributed by atoms with Gasteiger partial charge in [0.1, 0.15) is 0 Å². The first-order valence-corrected chi connectivity index (χ1v) is 9.57. The maximum atomic E-state index is 12.6. The van der Waals surface area contributed by atoms with Crippen molar-refractivity contribution in [3.05, 3.63) is 11.7 Å². The zero-order chi connectivity index (χ0) is 17.2. The highest BCUT2D eigenvalue weighted by molar-refractivity contribution is 5.76. The summed E-state index contributed by atoms with van der Waals surface area (Å²) in [6, 6.07) is 0.510. The number of aromatic nitrogens is 2. The molecule has 0 spiro atoms. The van der Waals surface area contributed by atoms with Crippen LogP contribution in [0.5, 0.6) is 0 Å². The van der Waals surface area contributed by atoms with Crippen molar-refractivity contribution >= 4 is 5.91 Å². The zero-order valence-electron chi connectivity index (χ0n) is 15.4. The van der Waals surface area contributed by atoms with E-state index in [0.717, 1.165) is 24.7 Å². The Morgan fingerprint density at radius 1 is 1.21 bits per heavy atom. The van der Waals surface area contributed by atoms with Gasteiger partial charge < -0.3 is 9.42 Å². The van der Waals surface area contributed by atoms with E-state index in [0.29, 0.717) is 30.7 Å². The van der Waals surface area contributed by atoms with Crippen LogP contribution in [0.4, 0.5) is 0 Å². The Bertz CT molecular complexity index is 555. The van der Waals surface area contributed by atoms with E-state index in [9.17, 15) is 4.79 Å². The molecule has 2 heterocycles. The predicted octanol–water partition coefficient (Wildman–Crippen LogP) is 3.87. The van der Waals surface area contributed by atoms with Crippen molar-refractivity contribution in [1.29, 1.82) is 0 Å². The predicted molar refractivity (Wildman–Crippen MR) is 92.6 cm³/mol. The van der Waals surface area contributed by atoms with Gasteiger partial charge in [-0.15, -0.1) is 0 Å². The van der Waals surface area contributed by atoms with Crippen LogP contribution in [0.15, 0.2) is 4.52 Å². The average Bonchev–Trinajstić information content (AvgIpc) is 3.26. The van der Waals surface area contributed by atoms with Crippen molar-refractivity contribution in [2.45, 2.75) is 90.0 Å². The molecule has 0 bridgehead atoms. The fourth-order valence-electron chi connectivity index (χ4n) is 4.13.